The van der Waals surface area contributed by atoms with Gasteiger partial charge in [-0.25, -0.2) is 0 Å². The predicted molar refractivity (Wildman–Crippen MR) is 65.2 cm³/mol. The lowest BCUT2D eigenvalue weighted by Crippen LogP contribution is -2.32. The van der Waals surface area contributed by atoms with Crippen LogP contribution in [0.3, 0.4) is 0 Å². The van der Waals surface area contributed by atoms with Crippen LogP contribution in [0.1, 0.15) is 11.1 Å². The first-order chi connectivity index (χ1) is 7.84. The molecule has 0 saturated heterocycles. The minimum atomic E-state index is -4.21. The third-order valence-corrected chi connectivity index (χ3v) is 3.83. The SMILES string of the molecule is Cc1ccc(SCC(CN)C(F)(F)F)cc1C. The quantitative estimate of drug-likeness (QED) is 0.841. The van der Waals surface area contributed by atoms with Crippen molar-refractivity contribution in [3.63, 3.8) is 0 Å². The molecule has 0 spiro atoms. The highest BCUT2D eigenvalue weighted by Gasteiger charge is 2.38. The second kappa shape index (κ2) is 5.78. The molecule has 0 heterocycles. The first-order valence-electron chi connectivity index (χ1n) is 5.31. The van der Waals surface area contributed by atoms with Crippen LogP contribution in [0, 0.1) is 19.8 Å². The maximum Gasteiger partial charge on any atom is 0.393 e. The molecule has 0 fully saturated rings. The maximum atomic E-state index is 12.5. The summed E-state index contributed by atoms with van der Waals surface area (Å²) in [4.78, 5) is 0.857. The van der Waals surface area contributed by atoms with Crippen LogP contribution < -0.4 is 5.73 Å². The lowest BCUT2D eigenvalue weighted by atomic mass is 10.1. The number of rotatable bonds is 4. The van der Waals surface area contributed by atoms with Crippen LogP contribution in [0.2, 0.25) is 0 Å². The highest BCUT2D eigenvalue weighted by atomic mass is 32.2. The van der Waals surface area contributed by atoms with Crippen LogP contribution in [-0.2, 0) is 0 Å². The number of hydrogen-bond acceptors (Lipinski definition) is 2. The Bertz CT molecular complexity index is 377. The van der Waals surface area contributed by atoms with Gasteiger partial charge in [0.25, 0.3) is 0 Å². The Morgan fingerprint density at radius 2 is 1.88 bits per heavy atom. The molecule has 0 aliphatic carbocycles. The Hall–Kier alpha value is -0.680. The molecule has 1 rings (SSSR count). The van der Waals surface area contributed by atoms with E-state index in [1.54, 1.807) is 0 Å². The Morgan fingerprint density at radius 1 is 1.24 bits per heavy atom. The van der Waals surface area contributed by atoms with E-state index in [1.807, 2.05) is 32.0 Å². The number of halogens is 3. The zero-order valence-corrected chi connectivity index (χ0v) is 10.7. The summed E-state index contributed by atoms with van der Waals surface area (Å²) in [5, 5.41) is 0. The minimum Gasteiger partial charge on any atom is -0.330 e. The van der Waals surface area contributed by atoms with E-state index in [-0.39, 0.29) is 12.3 Å². The van der Waals surface area contributed by atoms with Crippen molar-refractivity contribution in [1.29, 1.82) is 0 Å². The van der Waals surface area contributed by atoms with Crippen LogP contribution in [-0.4, -0.2) is 18.5 Å². The van der Waals surface area contributed by atoms with Gasteiger partial charge in [-0.1, -0.05) is 6.07 Å². The van der Waals surface area contributed by atoms with Gasteiger partial charge in [0.05, 0.1) is 5.92 Å². The van der Waals surface area contributed by atoms with Crippen molar-refractivity contribution in [2.24, 2.45) is 11.7 Å². The lowest BCUT2D eigenvalue weighted by molar-refractivity contribution is -0.165. The molecule has 96 valence electrons. The fraction of sp³-hybridized carbons (Fsp3) is 0.500. The summed E-state index contributed by atoms with van der Waals surface area (Å²) in [6.07, 6.45) is -4.21. The summed E-state index contributed by atoms with van der Waals surface area (Å²) in [6, 6.07) is 5.67. The van der Waals surface area contributed by atoms with Crippen molar-refractivity contribution in [3.05, 3.63) is 29.3 Å². The zero-order valence-electron chi connectivity index (χ0n) is 9.84. The van der Waals surface area contributed by atoms with Crippen LogP contribution in [0.5, 0.6) is 0 Å². The fourth-order valence-corrected chi connectivity index (χ4v) is 2.44. The van der Waals surface area contributed by atoms with E-state index in [4.69, 9.17) is 5.73 Å². The highest BCUT2D eigenvalue weighted by Crippen LogP contribution is 2.31. The van der Waals surface area contributed by atoms with E-state index in [9.17, 15) is 13.2 Å². The molecule has 2 N–H and O–H groups in total. The normalized spacial score (nSPS) is 13.8. The van der Waals surface area contributed by atoms with Gasteiger partial charge < -0.3 is 5.73 Å². The van der Waals surface area contributed by atoms with Gasteiger partial charge in [-0.15, -0.1) is 11.8 Å². The molecule has 0 amide bonds. The van der Waals surface area contributed by atoms with Gasteiger partial charge in [-0.2, -0.15) is 13.2 Å². The average Bonchev–Trinajstić information content (AvgIpc) is 2.22. The molecule has 1 unspecified atom stereocenters. The topological polar surface area (TPSA) is 26.0 Å². The lowest BCUT2D eigenvalue weighted by Gasteiger charge is -2.18. The van der Waals surface area contributed by atoms with Crippen molar-refractivity contribution >= 4 is 11.8 Å². The van der Waals surface area contributed by atoms with E-state index in [0.717, 1.165) is 16.0 Å². The van der Waals surface area contributed by atoms with E-state index >= 15 is 0 Å². The maximum absolute atomic E-state index is 12.5. The second-order valence-corrected chi connectivity index (χ2v) is 5.12. The molecule has 1 aromatic rings. The number of benzene rings is 1. The molecule has 0 aliphatic heterocycles. The molecule has 1 atom stereocenters. The van der Waals surface area contributed by atoms with E-state index < -0.39 is 12.1 Å². The van der Waals surface area contributed by atoms with Crippen molar-refractivity contribution in [2.75, 3.05) is 12.3 Å². The Kier molecular flexibility index (Phi) is 4.89. The van der Waals surface area contributed by atoms with Crippen LogP contribution in [0.4, 0.5) is 13.2 Å². The molecule has 1 nitrogen and oxygen atoms in total. The van der Waals surface area contributed by atoms with E-state index in [1.165, 1.54) is 11.8 Å². The van der Waals surface area contributed by atoms with Gasteiger partial charge in [-0.3, -0.25) is 0 Å². The highest BCUT2D eigenvalue weighted by molar-refractivity contribution is 7.99. The summed E-state index contributed by atoms with van der Waals surface area (Å²) in [5.74, 6) is -1.46. The van der Waals surface area contributed by atoms with Gasteiger partial charge in [0.15, 0.2) is 0 Å². The molecule has 17 heavy (non-hydrogen) atoms. The first kappa shape index (κ1) is 14.4. The number of thioether (sulfide) groups is 1. The molecule has 0 saturated carbocycles. The second-order valence-electron chi connectivity index (χ2n) is 4.03. The summed E-state index contributed by atoms with van der Waals surface area (Å²) < 4.78 is 37.4. The number of nitrogens with two attached hydrogens (primary N) is 1. The molecule has 0 bridgehead atoms. The number of alkyl halides is 3. The third kappa shape index (κ3) is 4.24. The Labute approximate surface area is 104 Å². The molecule has 5 heteroatoms. The van der Waals surface area contributed by atoms with Crippen LogP contribution in [0.15, 0.2) is 23.1 Å². The number of aryl methyl sites for hydroxylation is 2. The molecular weight excluding hydrogens is 247 g/mol. The zero-order chi connectivity index (χ0) is 13.1. The van der Waals surface area contributed by atoms with Gasteiger partial charge in [0, 0.05) is 17.2 Å². The van der Waals surface area contributed by atoms with Crippen molar-refractivity contribution in [3.8, 4) is 0 Å². The Morgan fingerprint density at radius 3 is 2.35 bits per heavy atom. The van der Waals surface area contributed by atoms with Gasteiger partial charge in [0.1, 0.15) is 0 Å². The minimum absolute atomic E-state index is 0.0253. The predicted octanol–water partition coefficient (Wildman–Crippen LogP) is 3.53. The van der Waals surface area contributed by atoms with Crippen molar-refractivity contribution in [2.45, 2.75) is 24.9 Å². The molecular formula is C12H16F3NS. The molecule has 0 aromatic heterocycles. The van der Waals surface area contributed by atoms with E-state index in [0.29, 0.717) is 0 Å². The summed E-state index contributed by atoms with van der Waals surface area (Å²) in [5.41, 5.74) is 7.37. The van der Waals surface area contributed by atoms with Crippen molar-refractivity contribution < 1.29 is 13.2 Å². The van der Waals surface area contributed by atoms with Crippen molar-refractivity contribution in [1.82, 2.24) is 0 Å². The van der Waals surface area contributed by atoms with Crippen LogP contribution in [0.25, 0.3) is 0 Å². The summed E-state index contributed by atoms with van der Waals surface area (Å²) in [6.45, 7) is 3.56. The first-order valence-corrected chi connectivity index (χ1v) is 6.30. The van der Waals surface area contributed by atoms with Crippen LogP contribution >= 0.6 is 11.8 Å². The van der Waals surface area contributed by atoms with Gasteiger partial charge in [-0.05, 0) is 37.1 Å². The average molecular weight is 263 g/mol. The largest absolute Gasteiger partial charge is 0.393 e. The molecule has 0 radical (unpaired) electrons. The standard InChI is InChI=1S/C12H16F3NS/c1-8-3-4-11(5-9(8)2)17-7-10(6-16)12(13,14)15/h3-5,10H,6-7,16H2,1-2H3. The summed E-state index contributed by atoms with van der Waals surface area (Å²) >= 11 is 1.20. The Balaban J connectivity index is 2.63. The summed E-state index contributed by atoms with van der Waals surface area (Å²) in [7, 11) is 0. The molecule has 1 aromatic carbocycles. The van der Waals surface area contributed by atoms with E-state index in [2.05, 4.69) is 0 Å². The smallest absolute Gasteiger partial charge is 0.330 e. The fourth-order valence-electron chi connectivity index (χ4n) is 1.30. The monoisotopic (exact) mass is 263 g/mol. The third-order valence-electron chi connectivity index (χ3n) is 2.68. The van der Waals surface area contributed by atoms with Gasteiger partial charge >= 0.3 is 6.18 Å². The molecule has 0 aliphatic rings. The van der Waals surface area contributed by atoms with Gasteiger partial charge in [0.2, 0.25) is 0 Å². The number of hydrogen-bond donors (Lipinski definition) is 1.